The van der Waals surface area contributed by atoms with Gasteiger partial charge < -0.3 is 4.74 Å². The second-order valence-corrected chi connectivity index (χ2v) is 3.59. The van der Waals surface area contributed by atoms with Crippen LogP contribution in [-0.4, -0.2) is 11.6 Å². The quantitative estimate of drug-likeness (QED) is 0.704. The van der Waals surface area contributed by atoms with Crippen LogP contribution in [0.3, 0.4) is 0 Å². The van der Waals surface area contributed by atoms with E-state index >= 15 is 0 Å². The number of hydrogen-bond donors (Lipinski definition) is 0. The first-order valence-corrected chi connectivity index (χ1v) is 4.96. The first-order valence-electron chi connectivity index (χ1n) is 4.96. The largest absolute Gasteiger partial charge is 0.492 e. The predicted molar refractivity (Wildman–Crippen MR) is 51.8 cm³/mol. The summed E-state index contributed by atoms with van der Waals surface area (Å²) in [5.41, 5.74) is 1.12. The highest BCUT2D eigenvalue weighted by molar-refractivity contribution is 5.19. The maximum Gasteiger partial charge on any atom is 0.137 e. The van der Waals surface area contributed by atoms with Gasteiger partial charge in [-0.15, -0.1) is 0 Å². The lowest BCUT2D eigenvalue weighted by Gasteiger charge is -2.04. The fraction of sp³-hybridized carbons (Fsp3) is 0.545. The normalized spacial score (nSPS) is 15.8. The van der Waals surface area contributed by atoms with Crippen molar-refractivity contribution in [3.63, 3.8) is 0 Å². The number of hydrogen-bond acceptors (Lipinski definition) is 2. The zero-order valence-corrected chi connectivity index (χ0v) is 7.99. The Balaban J connectivity index is 1.88. The number of aromatic nitrogens is 1. The van der Waals surface area contributed by atoms with Gasteiger partial charge in [-0.3, -0.25) is 4.98 Å². The molecule has 13 heavy (non-hydrogen) atoms. The summed E-state index contributed by atoms with van der Waals surface area (Å²) < 4.78 is 5.57. The maximum absolute atomic E-state index is 5.57. The maximum atomic E-state index is 5.57. The second-order valence-electron chi connectivity index (χ2n) is 3.59. The van der Waals surface area contributed by atoms with Gasteiger partial charge in [-0.05, 0) is 37.3 Å². The molecule has 1 fully saturated rings. The van der Waals surface area contributed by atoms with E-state index in [1.165, 1.54) is 12.8 Å². The molecule has 0 unspecified atom stereocenters. The molecule has 2 heteroatoms. The van der Waals surface area contributed by atoms with E-state index in [0.29, 0.717) is 0 Å². The van der Waals surface area contributed by atoms with Gasteiger partial charge in [0, 0.05) is 5.69 Å². The molecule has 70 valence electrons. The monoisotopic (exact) mass is 177 g/mol. The molecule has 2 nitrogen and oxygen atoms in total. The Morgan fingerprint density at radius 3 is 2.85 bits per heavy atom. The SMILES string of the molecule is CCc1ccc(OCC2CC2)cn1. The summed E-state index contributed by atoms with van der Waals surface area (Å²) in [6.07, 6.45) is 5.48. The van der Waals surface area contributed by atoms with Gasteiger partial charge in [-0.25, -0.2) is 0 Å². The summed E-state index contributed by atoms with van der Waals surface area (Å²) >= 11 is 0. The van der Waals surface area contributed by atoms with Crippen molar-refractivity contribution in [1.29, 1.82) is 0 Å². The van der Waals surface area contributed by atoms with E-state index in [1.807, 2.05) is 18.3 Å². The van der Waals surface area contributed by atoms with Crippen LogP contribution in [0.15, 0.2) is 18.3 Å². The lowest BCUT2D eigenvalue weighted by molar-refractivity contribution is 0.298. The molecule has 0 radical (unpaired) electrons. The van der Waals surface area contributed by atoms with Crippen molar-refractivity contribution in [2.45, 2.75) is 26.2 Å². The fourth-order valence-corrected chi connectivity index (χ4v) is 1.20. The average molecular weight is 177 g/mol. The van der Waals surface area contributed by atoms with Crippen LogP contribution in [0.2, 0.25) is 0 Å². The number of pyridine rings is 1. The average Bonchev–Trinajstić information content (AvgIpc) is 2.99. The predicted octanol–water partition coefficient (Wildman–Crippen LogP) is 2.43. The molecule has 2 rings (SSSR count). The Kier molecular flexibility index (Phi) is 2.48. The first kappa shape index (κ1) is 8.54. The topological polar surface area (TPSA) is 22.1 Å². The molecule has 1 heterocycles. The van der Waals surface area contributed by atoms with Crippen LogP contribution in [0.5, 0.6) is 5.75 Å². The van der Waals surface area contributed by atoms with Gasteiger partial charge in [0.25, 0.3) is 0 Å². The third-order valence-electron chi connectivity index (χ3n) is 2.34. The highest BCUT2D eigenvalue weighted by atomic mass is 16.5. The molecule has 1 aromatic heterocycles. The van der Waals surface area contributed by atoms with E-state index in [2.05, 4.69) is 11.9 Å². The van der Waals surface area contributed by atoms with Crippen molar-refractivity contribution in [3.05, 3.63) is 24.0 Å². The van der Waals surface area contributed by atoms with Gasteiger partial charge in [0.1, 0.15) is 5.75 Å². The van der Waals surface area contributed by atoms with Crippen molar-refractivity contribution in [2.24, 2.45) is 5.92 Å². The molecule has 1 aliphatic rings. The van der Waals surface area contributed by atoms with Gasteiger partial charge in [-0.2, -0.15) is 0 Å². The molecule has 0 saturated heterocycles. The van der Waals surface area contributed by atoms with E-state index in [9.17, 15) is 0 Å². The van der Waals surface area contributed by atoms with Crippen molar-refractivity contribution in [3.8, 4) is 5.75 Å². The molecule has 0 aromatic carbocycles. The van der Waals surface area contributed by atoms with Crippen molar-refractivity contribution >= 4 is 0 Å². The number of nitrogens with zero attached hydrogens (tertiary/aromatic N) is 1. The third kappa shape index (κ3) is 2.44. The molecule has 0 atom stereocenters. The van der Waals surface area contributed by atoms with E-state index in [4.69, 9.17) is 4.74 Å². The van der Waals surface area contributed by atoms with E-state index in [-0.39, 0.29) is 0 Å². The third-order valence-corrected chi connectivity index (χ3v) is 2.34. The summed E-state index contributed by atoms with van der Waals surface area (Å²) in [5, 5.41) is 0. The molecule has 0 amide bonds. The van der Waals surface area contributed by atoms with E-state index < -0.39 is 0 Å². The Bertz CT molecular complexity index is 264. The van der Waals surface area contributed by atoms with Crippen molar-refractivity contribution in [1.82, 2.24) is 4.98 Å². The summed E-state index contributed by atoms with van der Waals surface area (Å²) in [5.74, 6) is 1.72. The van der Waals surface area contributed by atoms with Gasteiger partial charge in [0.15, 0.2) is 0 Å². The minimum Gasteiger partial charge on any atom is -0.492 e. The molecule has 0 N–H and O–H groups in total. The molecule has 0 spiro atoms. The summed E-state index contributed by atoms with van der Waals surface area (Å²) in [6, 6.07) is 4.04. The molecule has 1 aliphatic carbocycles. The van der Waals surface area contributed by atoms with Crippen LogP contribution in [0.4, 0.5) is 0 Å². The van der Waals surface area contributed by atoms with Gasteiger partial charge in [-0.1, -0.05) is 6.92 Å². The van der Waals surface area contributed by atoms with Crippen LogP contribution < -0.4 is 4.74 Å². The van der Waals surface area contributed by atoms with Crippen LogP contribution in [-0.2, 0) is 6.42 Å². The van der Waals surface area contributed by atoms with Gasteiger partial charge in [0.05, 0.1) is 12.8 Å². The second kappa shape index (κ2) is 3.77. The minimum absolute atomic E-state index is 0.811. The summed E-state index contributed by atoms with van der Waals surface area (Å²) in [7, 11) is 0. The number of ether oxygens (including phenoxy) is 1. The van der Waals surface area contributed by atoms with E-state index in [0.717, 1.165) is 30.4 Å². The Hall–Kier alpha value is -1.05. The highest BCUT2D eigenvalue weighted by Crippen LogP contribution is 2.29. The standard InChI is InChI=1S/C11H15NO/c1-2-10-5-6-11(7-12-10)13-8-9-3-4-9/h5-7,9H,2-4,8H2,1H3. The zero-order valence-electron chi connectivity index (χ0n) is 7.99. The Morgan fingerprint density at radius 1 is 1.46 bits per heavy atom. The van der Waals surface area contributed by atoms with E-state index in [1.54, 1.807) is 0 Å². The molecule has 1 saturated carbocycles. The highest BCUT2D eigenvalue weighted by Gasteiger charge is 2.21. The van der Waals surface area contributed by atoms with Crippen LogP contribution in [0.25, 0.3) is 0 Å². The summed E-state index contributed by atoms with van der Waals surface area (Å²) in [6.45, 7) is 2.97. The lowest BCUT2D eigenvalue weighted by atomic mass is 10.3. The number of rotatable bonds is 4. The molecule has 0 aliphatic heterocycles. The summed E-state index contributed by atoms with van der Waals surface area (Å²) in [4.78, 5) is 4.27. The molecular formula is C11H15NO. The van der Waals surface area contributed by atoms with Gasteiger partial charge in [0.2, 0.25) is 0 Å². The Labute approximate surface area is 78.9 Å². The number of aryl methyl sites for hydroxylation is 1. The Morgan fingerprint density at radius 2 is 2.31 bits per heavy atom. The molecule has 1 aromatic rings. The van der Waals surface area contributed by atoms with Crippen molar-refractivity contribution in [2.75, 3.05) is 6.61 Å². The lowest BCUT2D eigenvalue weighted by Crippen LogP contribution is -1.99. The van der Waals surface area contributed by atoms with Crippen LogP contribution in [0.1, 0.15) is 25.5 Å². The molecular weight excluding hydrogens is 162 g/mol. The van der Waals surface area contributed by atoms with Crippen molar-refractivity contribution < 1.29 is 4.74 Å². The zero-order chi connectivity index (χ0) is 9.10. The fourth-order valence-electron chi connectivity index (χ4n) is 1.20. The van der Waals surface area contributed by atoms with Crippen LogP contribution >= 0.6 is 0 Å². The van der Waals surface area contributed by atoms with Gasteiger partial charge >= 0.3 is 0 Å². The minimum atomic E-state index is 0.811. The first-order chi connectivity index (χ1) is 6.38. The van der Waals surface area contributed by atoms with Crippen LogP contribution in [0, 0.1) is 5.92 Å². The smallest absolute Gasteiger partial charge is 0.137 e. The molecule has 0 bridgehead atoms.